The van der Waals surface area contributed by atoms with Crippen LogP contribution in [0.4, 0.5) is 18.9 Å². The molecule has 0 amide bonds. The fourth-order valence-corrected chi connectivity index (χ4v) is 4.86. The maximum Gasteiger partial charge on any atom is 0.416 e. The van der Waals surface area contributed by atoms with Crippen molar-refractivity contribution in [3.63, 3.8) is 0 Å². The summed E-state index contributed by atoms with van der Waals surface area (Å²) in [7, 11) is 3.87. The number of benzene rings is 1. The molecule has 4 rings (SSSR count). The second-order valence-electron chi connectivity index (χ2n) is 11.0. The topological polar surface area (TPSA) is 98.2 Å². The van der Waals surface area contributed by atoms with E-state index in [1.807, 2.05) is 55.2 Å². The molecule has 2 heterocycles. The molecule has 0 bridgehead atoms. The van der Waals surface area contributed by atoms with E-state index >= 15 is 0 Å². The lowest BCUT2D eigenvalue weighted by atomic mass is 10.0. The lowest BCUT2D eigenvalue weighted by molar-refractivity contribution is -0.0894. The minimum atomic E-state index is -4.48. The van der Waals surface area contributed by atoms with Crippen molar-refractivity contribution in [2.75, 3.05) is 45.1 Å². The molecule has 240 valence electrons. The number of halogens is 3. The number of allylic oxidation sites excluding steroid dienone is 5. The van der Waals surface area contributed by atoms with Crippen LogP contribution < -0.4 is 16.4 Å². The zero-order valence-corrected chi connectivity index (χ0v) is 26.0. The quantitative estimate of drug-likeness (QED) is 0.234. The van der Waals surface area contributed by atoms with Crippen molar-refractivity contribution >= 4 is 17.6 Å². The summed E-state index contributed by atoms with van der Waals surface area (Å²) < 4.78 is 44.6. The van der Waals surface area contributed by atoms with Gasteiger partial charge in [-0.25, -0.2) is 0 Å². The van der Waals surface area contributed by atoms with Crippen molar-refractivity contribution in [2.24, 2.45) is 12.8 Å². The Labute approximate surface area is 268 Å². The second kappa shape index (κ2) is 15.8. The molecule has 2 aliphatic rings. The summed E-state index contributed by atoms with van der Waals surface area (Å²) in [6.07, 6.45) is 7.83. The first-order valence-corrected chi connectivity index (χ1v) is 14.8. The zero-order chi connectivity index (χ0) is 33.1. The average Bonchev–Trinajstić information content (AvgIpc) is 3.18. The second-order valence-corrected chi connectivity index (χ2v) is 11.0. The van der Waals surface area contributed by atoms with E-state index in [-0.39, 0.29) is 13.0 Å². The van der Waals surface area contributed by atoms with E-state index in [0.717, 1.165) is 32.4 Å². The lowest BCUT2D eigenvalue weighted by Gasteiger charge is -2.33. The Bertz CT molecular complexity index is 1670. The molecule has 0 spiro atoms. The maximum absolute atomic E-state index is 14.2. The van der Waals surface area contributed by atoms with Gasteiger partial charge in [-0.15, -0.1) is 0 Å². The van der Waals surface area contributed by atoms with Gasteiger partial charge in [0, 0.05) is 75.3 Å². The first-order chi connectivity index (χ1) is 22.0. The molecule has 0 radical (unpaired) electrons. The van der Waals surface area contributed by atoms with Gasteiger partial charge in [-0.3, -0.25) is 9.88 Å². The number of hydrogen-bond acceptors (Lipinski definition) is 7. The van der Waals surface area contributed by atoms with Crippen LogP contribution in [0, 0.1) is 17.3 Å². The Morgan fingerprint density at radius 2 is 1.87 bits per heavy atom. The first kappa shape index (κ1) is 33.8. The molecule has 1 aliphatic heterocycles. The van der Waals surface area contributed by atoms with Crippen LogP contribution in [-0.4, -0.2) is 71.5 Å². The van der Waals surface area contributed by atoms with Gasteiger partial charge in [0.05, 0.1) is 29.4 Å². The van der Waals surface area contributed by atoms with Gasteiger partial charge in [0.2, 0.25) is 0 Å². The normalized spacial score (nSPS) is 16.0. The standard InChI is InChI=1S/C35H39F3N8/c1-26(42-30-10-5-9-29(34(20-30)35(36,37)38)25-46-17-15-44(2)16-18-46)28-8-4-7-27(19-28)12-13-33-24-41-23-31(11-6-14-45(33)3)43-32(21-39)22-40/h4-8,10-11,14,19-24,39,42-43H,1,9,15-18,25,40H2,2-3H3/b14-6?,31-11?,32-22+,33-24?,39-21?,41-23?. The van der Waals surface area contributed by atoms with Gasteiger partial charge in [-0.1, -0.05) is 30.7 Å². The Morgan fingerprint density at radius 3 is 2.59 bits per heavy atom. The van der Waals surface area contributed by atoms with E-state index in [4.69, 9.17) is 11.1 Å². The van der Waals surface area contributed by atoms with Crippen LogP contribution in [0.1, 0.15) is 23.2 Å². The summed E-state index contributed by atoms with van der Waals surface area (Å²) in [4.78, 5) is 8.62. The third kappa shape index (κ3) is 9.72. The molecule has 0 atom stereocenters. The van der Waals surface area contributed by atoms with Crippen molar-refractivity contribution in [1.82, 2.24) is 24.7 Å². The minimum absolute atomic E-state index is 0.230. The van der Waals surface area contributed by atoms with Gasteiger partial charge < -0.3 is 31.2 Å². The molecular weight excluding hydrogens is 589 g/mol. The van der Waals surface area contributed by atoms with Gasteiger partial charge >= 0.3 is 6.18 Å². The van der Waals surface area contributed by atoms with Crippen LogP contribution >= 0.6 is 0 Å². The number of piperazine rings is 1. The number of nitrogens with zero attached hydrogens (tertiary/aromatic N) is 4. The SMILES string of the molecule is C=C(NC1=CC(C(F)(F)F)=C(CN2CCN(C)CC2)CC=C1)c1cccc(C#Cc2cncc(N/C(C=N)=C/N)cccn2C)c1. The van der Waals surface area contributed by atoms with Crippen LogP contribution in [-0.2, 0) is 7.05 Å². The zero-order valence-electron chi connectivity index (χ0n) is 26.0. The maximum atomic E-state index is 14.2. The molecule has 8 nitrogen and oxygen atoms in total. The number of hydrogen-bond donors (Lipinski definition) is 4. The van der Waals surface area contributed by atoms with E-state index in [2.05, 4.69) is 43.8 Å². The van der Waals surface area contributed by atoms with E-state index in [9.17, 15) is 13.2 Å². The average molecular weight is 629 g/mol. The van der Waals surface area contributed by atoms with Crippen LogP contribution in [0.3, 0.4) is 0 Å². The molecule has 2 aromatic rings. The van der Waals surface area contributed by atoms with Gasteiger partial charge in [0.15, 0.2) is 0 Å². The minimum Gasteiger partial charge on any atom is -0.403 e. The summed E-state index contributed by atoms with van der Waals surface area (Å²) in [6, 6.07) is 10.9. The van der Waals surface area contributed by atoms with E-state index in [1.165, 1.54) is 12.3 Å². The molecule has 0 saturated carbocycles. The number of aryl methyl sites for hydroxylation is 1. The summed E-state index contributed by atoms with van der Waals surface area (Å²) in [5.74, 6) is 6.27. The molecule has 0 unspecified atom stereocenters. The Morgan fingerprint density at radius 1 is 1.09 bits per heavy atom. The number of nitrogens with two attached hydrogens (primary N) is 1. The monoisotopic (exact) mass is 628 g/mol. The highest BCUT2D eigenvalue weighted by Gasteiger charge is 2.36. The predicted octanol–water partition coefficient (Wildman–Crippen LogP) is 5.32. The van der Waals surface area contributed by atoms with E-state index < -0.39 is 11.7 Å². The highest BCUT2D eigenvalue weighted by Crippen LogP contribution is 2.33. The van der Waals surface area contributed by atoms with Gasteiger partial charge in [-0.05, 0) is 66.9 Å². The largest absolute Gasteiger partial charge is 0.416 e. The van der Waals surface area contributed by atoms with Crippen molar-refractivity contribution in [3.05, 3.63) is 125 Å². The van der Waals surface area contributed by atoms with E-state index in [1.54, 1.807) is 30.6 Å². The lowest BCUT2D eigenvalue weighted by Crippen LogP contribution is -2.45. The van der Waals surface area contributed by atoms with Crippen LogP contribution in [0.2, 0.25) is 0 Å². The van der Waals surface area contributed by atoms with E-state index in [0.29, 0.717) is 45.2 Å². The molecule has 5 N–H and O–H groups in total. The number of alkyl halides is 3. The number of nitrogens with one attached hydrogen (secondary N) is 3. The summed E-state index contributed by atoms with van der Waals surface area (Å²) >= 11 is 0. The fraction of sp³-hybridized carbons (Fsp3) is 0.257. The Kier molecular flexibility index (Phi) is 11.6. The van der Waals surface area contributed by atoms with Gasteiger partial charge in [0.25, 0.3) is 0 Å². The summed E-state index contributed by atoms with van der Waals surface area (Å²) in [5.41, 5.74) is 9.12. The third-order valence-corrected chi connectivity index (χ3v) is 7.50. The fourth-order valence-electron chi connectivity index (χ4n) is 4.86. The first-order valence-electron chi connectivity index (χ1n) is 14.8. The molecule has 1 aromatic heterocycles. The molecule has 46 heavy (non-hydrogen) atoms. The molecule has 11 heteroatoms. The molecule has 1 aliphatic carbocycles. The molecule has 1 saturated heterocycles. The highest BCUT2D eigenvalue weighted by molar-refractivity contribution is 5.80. The number of rotatable bonds is 8. The van der Waals surface area contributed by atoms with Crippen molar-refractivity contribution in [3.8, 4) is 11.8 Å². The molecular formula is C35H39F3N8. The Balaban J connectivity index is 1.53. The molecule has 1 fully saturated rings. The number of aromatic nitrogens is 2. The number of anilines is 1. The van der Waals surface area contributed by atoms with Crippen LogP contribution in [0.25, 0.3) is 5.70 Å². The predicted molar refractivity (Wildman–Crippen MR) is 179 cm³/mol. The van der Waals surface area contributed by atoms with Gasteiger partial charge in [0.1, 0.15) is 5.69 Å². The van der Waals surface area contributed by atoms with Gasteiger partial charge in [-0.2, -0.15) is 13.2 Å². The Hall–Kier alpha value is -5.05. The number of likely N-dealkylation sites (N-methyl/N-ethyl adjacent to an activating group) is 1. The van der Waals surface area contributed by atoms with Crippen LogP contribution in [0.15, 0.2) is 109 Å². The van der Waals surface area contributed by atoms with Crippen molar-refractivity contribution in [2.45, 2.75) is 12.6 Å². The molecule has 1 aromatic carbocycles. The smallest absolute Gasteiger partial charge is 0.403 e. The van der Waals surface area contributed by atoms with Crippen molar-refractivity contribution < 1.29 is 13.2 Å². The van der Waals surface area contributed by atoms with Crippen LogP contribution in [0.5, 0.6) is 0 Å². The van der Waals surface area contributed by atoms with Crippen molar-refractivity contribution in [1.29, 1.82) is 5.41 Å². The summed E-state index contributed by atoms with van der Waals surface area (Å²) in [6.45, 7) is 7.56. The highest BCUT2D eigenvalue weighted by atomic mass is 19.4. The third-order valence-electron chi connectivity index (χ3n) is 7.50. The summed E-state index contributed by atoms with van der Waals surface area (Å²) in [5, 5.41) is 13.5.